The summed E-state index contributed by atoms with van der Waals surface area (Å²) in [7, 11) is -5.01. The highest BCUT2D eigenvalue weighted by molar-refractivity contribution is 7.54. The molecule has 0 rings (SSSR count). The molecular formula is C14H33O6PSi. The van der Waals surface area contributed by atoms with Gasteiger partial charge in [0, 0.05) is 12.5 Å². The zero-order chi connectivity index (χ0) is 17.4. The molecule has 0 saturated carbocycles. The lowest BCUT2D eigenvalue weighted by Gasteiger charge is -2.32. The van der Waals surface area contributed by atoms with Crippen molar-refractivity contribution in [1.82, 2.24) is 0 Å². The molecule has 0 aliphatic heterocycles. The highest BCUT2D eigenvalue weighted by Gasteiger charge is 2.39. The van der Waals surface area contributed by atoms with Crippen molar-refractivity contribution >= 4 is 16.6 Å². The van der Waals surface area contributed by atoms with Crippen LogP contribution in [0.15, 0.2) is 0 Å². The molecule has 22 heavy (non-hydrogen) atoms. The molecule has 0 fully saturated rings. The summed E-state index contributed by atoms with van der Waals surface area (Å²) in [6.07, 6.45) is 0. The first-order valence-corrected chi connectivity index (χ1v) is 12.3. The summed E-state index contributed by atoms with van der Waals surface area (Å²) in [4.78, 5) is 0. The van der Waals surface area contributed by atoms with E-state index in [0.717, 1.165) is 0 Å². The van der Waals surface area contributed by atoms with Crippen LogP contribution in [0.1, 0.15) is 34.6 Å². The monoisotopic (exact) mass is 356 g/mol. The van der Waals surface area contributed by atoms with Gasteiger partial charge in [-0.3, -0.25) is 4.57 Å². The summed E-state index contributed by atoms with van der Waals surface area (Å²) < 4.78 is 35.0. The third-order valence-corrected chi connectivity index (χ3v) is 6.19. The molecule has 0 amide bonds. The van der Waals surface area contributed by atoms with E-state index >= 15 is 0 Å². The fraction of sp³-hybridized carbons (Fsp3) is 1.00. The molecule has 0 aromatic heterocycles. The van der Waals surface area contributed by atoms with E-state index in [2.05, 4.69) is 0 Å². The van der Waals surface area contributed by atoms with Crippen LogP contribution in [0.2, 0.25) is 13.1 Å². The Morgan fingerprint density at radius 2 is 1.64 bits per heavy atom. The number of hydrogen-bond acceptors (Lipinski definition) is 6. The number of aliphatic hydroxyl groups is 1. The molecule has 0 aromatic rings. The molecule has 0 aliphatic carbocycles. The van der Waals surface area contributed by atoms with Gasteiger partial charge in [-0.2, -0.15) is 0 Å². The fourth-order valence-electron chi connectivity index (χ4n) is 1.73. The van der Waals surface area contributed by atoms with Crippen LogP contribution >= 0.6 is 7.60 Å². The van der Waals surface area contributed by atoms with Crippen molar-refractivity contribution in [2.24, 2.45) is 11.3 Å². The van der Waals surface area contributed by atoms with Gasteiger partial charge in [0.2, 0.25) is 0 Å². The van der Waals surface area contributed by atoms with E-state index < -0.39 is 22.7 Å². The quantitative estimate of drug-likeness (QED) is 0.348. The first-order valence-electron chi connectivity index (χ1n) is 7.87. The SMILES string of the molecule is CCOP(=O)(OCC)C(OCC(CO)C(C)(C)C)O[SiH](C)C. The van der Waals surface area contributed by atoms with E-state index in [1.807, 2.05) is 33.9 Å². The molecule has 2 unspecified atom stereocenters. The normalized spacial score (nSPS) is 16.0. The van der Waals surface area contributed by atoms with Gasteiger partial charge in [-0.05, 0) is 32.4 Å². The third-order valence-electron chi connectivity index (χ3n) is 3.15. The van der Waals surface area contributed by atoms with Gasteiger partial charge >= 0.3 is 7.60 Å². The van der Waals surface area contributed by atoms with Crippen LogP contribution in [0.25, 0.3) is 0 Å². The van der Waals surface area contributed by atoms with Crippen LogP contribution < -0.4 is 0 Å². The van der Waals surface area contributed by atoms with E-state index in [1.54, 1.807) is 13.8 Å². The third kappa shape index (κ3) is 7.68. The van der Waals surface area contributed by atoms with Crippen molar-refractivity contribution in [1.29, 1.82) is 0 Å². The molecule has 0 radical (unpaired) electrons. The maximum absolute atomic E-state index is 12.9. The van der Waals surface area contributed by atoms with E-state index in [-0.39, 0.29) is 37.8 Å². The number of ether oxygens (including phenoxy) is 1. The van der Waals surface area contributed by atoms with Gasteiger partial charge < -0.3 is 23.3 Å². The average Bonchev–Trinajstić information content (AvgIpc) is 2.36. The molecule has 134 valence electrons. The Hall–Kier alpha value is 0.247. The number of aliphatic hydroxyl groups excluding tert-OH is 1. The second-order valence-corrected chi connectivity index (χ2v) is 10.8. The Balaban J connectivity index is 5.07. The summed E-state index contributed by atoms with van der Waals surface area (Å²) in [5, 5.41) is 9.52. The fourth-order valence-corrected chi connectivity index (χ4v) is 4.91. The Morgan fingerprint density at radius 1 is 1.14 bits per heavy atom. The van der Waals surface area contributed by atoms with Crippen molar-refractivity contribution in [3.05, 3.63) is 0 Å². The molecule has 0 aliphatic rings. The van der Waals surface area contributed by atoms with Crippen molar-refractivity contribution in [3.63, 3.8) is 0 Å². The van der Waals surface area contributed by atoms with Crippen molar-refractivity contribution in [2.75, 3.05) is 26.4 Å². The van der Waals surface area contributed by atoms with Gasteiger partial charge in [-0.25, -0.2) is 0 Å². The topological polar surface area (TPSA) is 74.2 Å². The zero-order valence-corrected chi connectivity index (χ0v) is 17.0. The highest BCUT2D eigenvalue weighted by atomic mass is 31.2. The molecule has 1 N–H and O–H groups in total. The molecule has 6 nitrogen and oxygen atoms in total. The molecule has 0 heterocycles. The highest BCUT2D eigenvalue weighted by Crippen LogP contribution is 2.54. The molecule has 2 atom stereocenters. The van der Waals surface area contributed by atoms with Crippen molar-refractivity contribution in [2.45, 2.75) is 53.7 Å². The Kier molecular flexibility index (Phi) is 10.3. The lowest BCUT2D eigenvalue weighted by atomic mass is 9.82. The number of rotatable bonds is 11. The molecular weight excluding hydrogens is 323 g/mol. The first-order chi connectivity index (χ1) is 10.1. The Bertz CT molecular complexity index is 335. The van der Waals surface area contributed by atoms with Crippen LogP contribution in [-0.2, 0) is 22.8 Å². The van der Waals surface area contributed by atoms with Gasteiger partial charge in [0.1, 0.15) is 0 Å². The lowest BCUT2D eigenvalue weighted by Crippen LogP contribution is -2.33. The van der Waals surface area contributed by atoms with Crippen LogP contribution in [0.5, 0.6) is 0 Å². The van der Waals surface area contributed by atoms with Gasteiger partial charge in [0.25, 0.3) is 6.03 Å². The zero-order valence-electron chi connectivity index (χ0n) is 15.0. The van der Waals surface area contributed by atoms with Crippen LogP contribution in [-0.4, -0.2) is 46.6 Å². The summed E-state index contributed by atoms with van der Waals surface area (Å²) >= 11 is 0. The van der Waals surface area contributed by atoms with Crippen LogP contribution in [0.3, 0.4) is 0 Å². The first kappa shape index (κ1) is 22.2. The van der Waals surface area contributed by atoms with Crippen molar-refractivity contribution < 1.29 is 27.9 Å². The summed E-state index contributed by atoms with van der Waals surface area (Å²) in [6, 6.07) is -1.03. The second kappa shape index (κ2) is 10.2. The molecule has 0 aromatic carbocycles. The summed E-state index contributed by atoms with van der Waals surface area (Å²) in [5.74, 6) is -0.0934. The maximum Gasteiger partial charge on any atom is 0.385 e. The minimum absolute atomic E-state index is 0.0110. The molecule has 8 heteroatoms. The molecule has 0 bridgehead atoms. The smallest absolute Gasteiger partial charge is 0.385 e. The Morgan fingerprint density at radius 3 is 1.95 bits per heavy atom. The largest absolute Gasteiger partial charge is 0.396 e. The lowest BCUT2D eigenvalue weighted by molar-refractivity contribution is -0.0785. The van der Waals surface area contributed by atoms with Crippen LogP contribution in [0.4, 0.5) is 0 Å². The molecule has 0 spiro atoms. The minimum Gasteiger partial charge on any atom is -0.396 e. The van der Waals surface area contributed by atoms with Gasteiger partial charge in [0.05, 0.1) is 19.8 Å². The van der Waals surface area contributed by atoms with Gasteiger partial charge in [0.15, 0.2) is 9.04 Å². The van der Waals surface area contributed by atoms with Gasteiger partial charge in [-0.1, -0.05) is 20.8 Å². The standard InChI is InChI=1S/C14H33O6PSi/c1-8-18-21(16,19-9-2)13(20-22(6)7)17-11-12(10-15)14(3,4)5/h12-13,15,22H,8-11H2,1-7H3. The predicted octanol–water partition coefficient (Wildman–Crippen LogP) is 3.21. The maximum atomic E-state index is 12.9. The van der Waals surface area contributed by atoms with E-state index in [9.17, 15) is 9.67 Å². The summed E-state index contributed by atoms with van der Waals surface area (Å²) in [5.41, 5.74) is -0.129. The van der Waals surface area contributed by atoms with E-state index in [1.165, 1.54) is 0 Å². The average molecular weight is 356 g/mol. The van der Waals surface area contributed by atoms with Crippen molar-refractivity contribution in [3.8, 4) is 0 Å². The Labute approximate surface area is 136 Å². The van der Waals surface area contributed by atoms with E-state index in [0.29, 0.717) is 0 Å². The number of hydrogen-bond donors (Lipinski definition) is 1. The van der Waals surface area contributed by atoms with E-state index in [4.69, 9.17) is 18.2 Å². The minimum atomic E-state index is -3.49. The second-order valence-electron chi connectivity index (χ2n) is 6.45. The molecule has 0 saturated heterocycles. The summed E-state index contributed by atoms with van der Waals surface area (Å²) in [6.45, 7) is 14.2. The van der Waals surface area contributed by atoms with Gasteiger partial charge in [-0.15, -0.1) is 0 Å². The predicted molar refractivity (Wildman–Crippen MR) is 90.6 cm³/mol. The van der Waals surface area contributed by atoms with Crippen LogP contribution in [0, 0.1) is 11.3 Å².